The highest BCUT2D eigenvalue weighted by Gasteiger charge is 2.53. The van der Waals surface area contributed by atoms with Crippen molar-refractivity contribution in [2.75, 3.05) is 38.4 Å². The number of aromatic nitrogens is 2. The number of aliphatic hydroxyl groups excluding tert-OH is 1. The lowest BCUT2D eigenvalue weighted by Crippen LogP contribution is -2.62. The molecule has 3 aromatic rings. The highest BCUT2D eigenvalue weighted by atomic mass is 32.2. The van der Waals surface area contributed by atoms with E-state index in [9.17, 15) is 54.3 Å². The second-order valence-corrected chi connectivity index (χ2v) is 14.8. The van der Waals surface area contributed by atoms with Gasteiger partial charge in [0.15, 0.2) is 11.6 Å². The predicted molar refractivity (Wildman–Crippen MR) is 187 cm³/mol. The van der Waals surface area contributed by atoms with Gasteiger partial charge in [0.1, 0.15) is 41.8 Å². The van der Waals surface area contributed by atoms with Crippen molar-refractivity contribution in [3.63, 3.8) is 0 Å². The number of carbonyl (C=O) groups excluding carboxylic acids is 3. The first kappa shape index (κ1) is 44.6. The van der Waals surface area contributed by atoms with Crippen molar-refractivity contribution in [1.29, 1.82) is 0 Å². The van der Waals surface area contributed by atoms with Crippen LogP contribution in [0.15, 0.2) is 54.1 Å². The average Bonchev–Trinajstić information content (AvgIpc) is 3.66. The summed E-state index contributed by atoms with van der Waals surface area (Å²) in [5.41, 5.74) is -7.52. The van der Waals surface area contributed by atoms with Crippen molar-refractivity contribution in [2.24, 2.45) is 0 Å². The fourth-order valence-electron chi connectivity index (χ4n) is 6.70. The molecule has 1 unspecified atom stereocenters. The molecular weight excluding hydrogens is 832 g/mol. The van der Waals surface area contributed by atoms with E-state index in [-0.39, 0.29) is 19.4 Å². The number of aliphatic hydroxyl groups is 1. The maximum atomic E-state index is 15.6. The number of amides is 2. The third-order valence-corrected chi connectivity index (χ3v) is 10.4. The smallest absolute Gasteiger partial charge is 0.433 e. The lowest BCUT2D eigenvalue weighted by molar-refractivity contribution is -0.163. The quantitative estimate of drug-likeness (QED) is 0.0601. The second-order valence-electron chi connectivity index (χ2n) is 13.3. The molecule has 5 rings (SSSR count). The number of benzene rings is 2. The van der Waals surface area contributed by atoms with Crippen LogP contribution in [0.1, 0.15) is 42.5 Å². The summed E-state index contributed by atoms with van der Waals surface area (Å²) in [7, 11) is -2.29. The Labute approximate surface area is 329 Å². The van der Waals surface area contributed by atoms with E-state index in [1.165, 1.54) is 12.1 Å². The van der Waals surface area contributed by atoms with Gasteiger partial charge in [-0.25, -0.2) is 19.4 Å². The summed E-state index contributed by atoms with van der Waals surface area (Å²) in [4.78, 5) is 46.6. The number of methoxy groups -OCH3 is 1. The third kappa shape index (κ3) is 9.71. The third-order valence-electron chi connectivity index (χ3n) is 9.65. The number of hydrogen-bond acceptors (Lipinski definition) is 12. The van der Waals surface area contributed by atoms with E-state index in [1.54, 1.807) is 0 Å². The fraction of sp³-hybridized carbons (Fsp3) is 0.400. The summed E-state index contributed by atoms with van der Waals surface area (Å²) >= 11 is 0. The number of ether oxygens (including phenoxy) is 2. The van der Waals surface area contributed by atoms with Crippen molar-refractivity contribution in [3.8, 4) is 17.0 Å². The van der Waals surface area contributed by atoms with Crippen LogP contribution in [0.25, 0.3) is 11.3 Å². The van der Waals surface area contributed by atoms with Gasteiger partial charge in [0.05, 0.1) is 36.1 Å². The molecule has 2 heterocycles. The molecule has 1 aliphatic heterocycles. The van der Waals surface area contributed by atoms with Crippen LogP contribution in [0.3, 0.4) is 0 Å². The Bertz CT molecular complexity index is 2270. The van der Waals surface area contributed by atoms with E-state index >= 15 is 8.78 Å². The molecule has 4 N–H and O–H groups in total. The minimum Gasteiger partial charge on any atom is -0.509 e. The molecule has 2 aliphatic rings. The van der Waals surface area contributed by atoms with E-state index in [2.05, 4.69) is 25.3 Å². The zero-order valence-corrected chi connectivity index (χ0v) is 31.6. The number of hydrazine groups is 1. The Morgan fingerprint density at radius 2 is 1.68 bits per heavy atom. The summed E-state index contributed by atoms with van der Waals surface area (Å²) in [5.74, 6) is -9.15. The predicted octanol–water partition coefficient (Wildman–Crippen LogP) is 4.81. The number of esters is 1. The van der Waals surface area contributed by atoms with Crippen LogP contribution in [0.2, 0.25) is 0 Å². The first-order valence-corrected chi connectivity index (χ1v) is 18.9. The monoisotopic (exact) mass is 866 g/mol. The van der Waals surface area contributed by atoms with Crippen LogP contribution in [-0.2, 0) is 48.1 Å². The molecule has 59 heavy (non-hydrogen) atoms. The summed E-state index contributed by atoms with van der Waals surface area (Å²) < 4.78 is 154. The Kier molecular flexibility index (Phi) is 12.9. The van der Waals surface area contributed by atoms with E-state index in [4.69, 9.17) is 9.29 Å². The van der Waals surface area contributed by atoms with Crippen LogP contribution in [0.4, 0.5) is 40.8 Å². The fourth-order valence-corrected chi connectivity index (χ4v) is 7.37. The molecule has 24 heteroatoms. The zero-order chi connectivity index (χ0) is 43.7. The minimum atomic E-state index is -5.03. The van der Waals surface area contributed by atoms with Gasteiger partial charge < -0.3 is 25.2 Å². The lowest BCUT2D eigenvalue weighted by Gasteiger charge is -2.48. The molecule has 0 bridgehead atoms. The van der Waals surface area contributed by atoms with E-state index in [0.29, 0.717) is 37.4 Å². The maximum absolute atomic E-state index is 15.6. The number of halogens is 8. The molecule has 1 spiro atoms. The molecule has 0 radical (unpaired) electrons. The molecule has 1 fully saturated rings. The van der Waals surface area contributed by atoms with Gasteiger partial charge in [0, 0.05) is 24.7 Å². The average molecular weight is 867 g/mol. The number of nitrogens with zero attached hydrogens (tertiary/aromatic N) is 4. The van der Waals surface area contributed by atoms with Crippen molar-refractivity contribution in [2.45, 2.75) is 56.2 Å². The molecule has 0 saturated heterocycles. The van der Waals surface area contributed by atoms with Crippen LogP contribution < -0.4 is 15.4 Å². The molecule has 15 nitrogen and oxygen atoms in total. The molecular formula is C35H34F8N6O9S. The van der Waals surface area contributed by atoms with Crippen molar-refractivity contribution in [1.82, 2.24) is 25.3 Å². The van der Waals surface area contributed by atoms with Crippen LogP contribution in [0.5, 0.6) is 5.75 Å². The topological polar surface area (TPSA) is 201 Å². The van der Waals surface area contributed by atoms with Gasteiger partial charge in [-0.3, -0.25) is 23.9 Å². The number of likely N-dealkylation sites (N-methyl/N-ethyl adjacent to an activating group) is 1. The van der Waals surface area contributed by atoms with Gasteiger partial charge in [0.25, 0.3) is 21.9 Å². The summed E-state index contributed by atoms with van der Waals surface area (Å²) in [6.07, 6.45) is -8.30. The first-order valence-electron chi connectivity index (χ1n) is 17.3. The SMILES string of the molecule is COC(=O)C(CS(=O)(=O)O)NCCOc1ccc(CN2C(=O)C(C(=O)Nc3ccc(C(F)(F)F)cc3-c3cc(C(F)(F)F)ncn3)=C(O)C3(CCCC3)N2C)c(F)c1F. The summed E-state index contributed by atoms with van der Waals surface area (Å²) in [5, 5.41) is 18.3. The summed E-state index contributed by atoms with van der Waals surface area (Å²) in [6, 6.07) is 2.54. The molecule has 1 aromatic heterocycles. The first-order chi connectivity index (χ1) is 27.5. The molecule has 1 aliphatic carbocycles. The van der Waals surface area contributed by atoms with Gasteiger partial charge in [-0.2, -0.15) is 39.2 Å². The van der Waals surface area contributed by atoms with Gasteiger partial charge in [-0.1, -0.05) is 18.9 Å². The molecule has 1 atom stereocenters. The normalized spacial score (nSPS) is 16.7. The Morgan fingerprint density at radius 3 is 2.29 bits per heavy atom. The van der Waals surface area contributed by atoms with Crippen molar-refractivity contribution < 1.29 is 77.1 Å². The maximum Gasteiger partial charge on any atom is 0.433 e. The van der Waals surface area contributed by atoms with E-state index < -0.39 is 133 Å². The standard InChI is InChI=1S/C35H34F8N6O9S/c1-48-33(9-3-4-10-33)29(50)26(30(51)47-21-7-6-19(34(38,39)40)13-20(21)22-14-25(35(41,42)43)46-17-45-22)31(52)49(48)15-18-5-8-24(28(37)27(18)36)58-12-11-44-23(32(53)57-2)16-59(54,55)56/h5-8,13-14,17,23,44,50H,3-4,9-12,15-16H2,1-2H3,(H,47,51)(H,54,55,56). The Hall–Kier alpha value is -5.46. The van der Waals surface area contributed by atoms with Crippen LogP contribution >= 0.6 is 0 Å². The number of hydrogen-bond donors (Lipinski definition) is 4. The zero-order valence-electron chi connectivity index (χ0n) is 30.7. The van der Waals surface area contributed by atoms with Gasteiger partial charge in [-0.15, -0.1) is 0 Å². The minimum absolute atomic E-state index is 0.154. The van der Waals surface area contributed by atoms with Gasteiger partial charge in [0.2, 0.25) is 5.82 Å². The molecule has 320 valence electrons. The molecule has 2 amide bonds. The van der Waals surface area contributed by atoms with Crippen LogP contribution in [0, 0.1) is 11.6 Å². The number of rotatable bonds is 13. The number of nitrogens with one attached hydrogen (secondary N) is 2. The molecule has 1 saturated carbocycles. The van der Waals surface area contributed by atoms with Gasteiger partial charge >= 0.3 is 18.3 Å². The van der Waals surface area contributed by atoms with Crippen LogP contribution in [-0.4, -0.2) is 100 Å². The second kappa shape index (κ2) is 17.0. The Balaban J connectivity index is 1.42. The van der Waals surface area contributed by atoms with E-state index in [0.717, 1.165) is 30.3 Å². The largest absolute Gasteiger partial charge is 0.509 e. The Morgan fingerprint density at radius 1 is 1.00 bits per heavy atom. The summed E-state index contributed by atoms with van der Waals surface area (Å²) in [6.45, 7) is -1.50. The van der Waals surface area contributed by atoms with E-state index in [1.807, 2.05) is 0 Å². The van der Waals surface area contributed by atoms with Crippen molar-refractivity contribution >= 4 is 33.6 Å². The van der Waals surface area contributed by atoms with Crippen molar-refractivity contribution in [3.05, 3.63) is 82.5 Å². The highest BCUT2D eigenvalue weighted by molar-refractivity contribution is 7.85. The highest BCUT2D eigenvalue weighted by Crippen LogP contribution is 2.45. The lowest BCUT2D eigenvalue weighted by atomic mass is 9.88. The number of anilines is 1. The number of carbonyl (C=O) groups is 3. The van der Waals surface area contributed by atoms with Gasteiger partial charge in [-0.05, 0) is 43.2 Å². The molecule has 2 aromatic carbocycles. The number of alkyl halides is 6.